The Morgan fingerprint density at radius 3 is 1.52 bits per heavy atom. The Hall–Kier alpha value is -2.60. The molecule has 0 saturated heterocycles. The highest BCUT2D eigenvalue weighted by Gasteiger charge is 2.01. The van der Waals surface area contributed by atoms with Crippen LogP contribution in [0.25, 0.3) is 22.3 Å². The van der Waals surface area contributed by atoms with Crippen LogP contribution in [0, 0.1) is 0 Å². The van der Waals surface area contributed by atoms with Crippen molar-refractivity contribution in [1.82, 2.24) is 0 Å². The molecule has 0 aliphatic rings. The van der Waals surface area contributed by atoms with Gasteiger partial charge >= 0.3 is 0 Å². The van der Waals surface area contributed by atoms with Crippen LogP contribution in [-0.4, -0.2) is 0 Å². The van der Waals surface area contributed by atoms with Crippen molar-refractivity contribution in [2.75, 3.05) is 0 Å². The maximum atomic E-state index is 3.98. The smallest absolute Gasteiger partial charge is 0.0184 e. The van der Waals surface area contributed by atoms with Crippen molar-refractivity contribution in [3.63, 3.8) is 0 Å². The summed E-state index contributed by atoms with van der Waals surface area (Å²) in [6, 6.07) is 17.2. The van der Waals surface area contributed by atoms with Gasteiger partial charge in [0.1, 0.15) is 0 Å². The van der Waals surface area contributed by atoms with Gasteiger partial charge in [0.05, 0.1) is 0 Å². The summed E-state index contributed by atoms with van der Waals surface area (Å²) in [5.41, 5.74) is 8.20. The minimum absolute atomic E-state index is 0. The number of hydrogen-bond donors (Lipinski definition) is 0. The highest BCUT2D eigenvalue weighted by atomic mass is 14.1. The molecule has 0 aliphatic heterocycles. The van der Waals surface area contributed by atoms with Crippen molar-refractivity contribution in [3.05, 3.63) is 96.6 Å². The fourth-order valence-electron chi connectivity index (χ4n) is 2.39. The lowest BCUT2D eigenvalue weighted by Gasteiger charge is -2.07. The zero-order valence-electron chi connectivity index (χ0n) is 14.3. The van der Waals surface area contributed by atoms with Crippen molar-refractivity contribution >= 4 is 11.1 Å². The summed E-state index contributed by atoms with van der Waals surface area (Å²) in [5.74, 6) is 0. The first-order chi connectivity index (χ1) is 11.0. The second kappa shape index (κ2) is 10.3. The van der Waals surface area contributed by atoms with E-state index in [9.17, 15) is 0 Å². The molecule has 0 aliphatic carbocycles. The molecule has 0 unspecified atom stereocenters. The van der Waals surface area contributed by atoms with Crippen molar-refractivity contribution in [1.29, 1.82) is 0 Å². The van der Waals surface area contributed by atoms with Gasteiger partial charge in [-0.25, -0.2) is 0 Å². The van der Waals surface area contributed by atoms with Crippen LogP contribution in [0.15, 0.2) is 85.5 Å². The van der Waals surface area contributed by atoms with Gasteiger partial charge in [0, 0.05) is 0 Å². The molecule has 2 rings (SSSR count). The third-order valence-electron chi connectivity index (χ3n) is 3.79. The first-order valence-electron chi connectivity index (χ1n) is 7.88. The van der Waals surface area contributed by atoms with Gasteiger partial charge in [-0.15, -0.1) is 0 Å². The van der Waals surface area contributed by atoms with E-state index in [1.165, 1.54) is 27.8 Å². The third-order valence-corrected chi connectivity index (χ3v) is 3.79. The highest BCUT2D eigenvalue weighted by molar-refractivity contribution is 5.76. The van der Waals surface area contributed by atoms with Crippen LogP contribution in [0.2, 0.25) is 0 Å². The lowest BCUT2D eigenvalue weighted by atomic mass is 9.98. The van der Waals surface area contributed by atoms with E-state index in [1.54, 1.807) is 0 Å². The van der Waals surface area contributed by atoms with E-state index < -0.39 is 0 Å². The van der Waals surface area contributed by atoms with E-state index in [2.05, 4.69) is 80.8 Å². The van der Waals surface area contributed by atoms with Gasteiger partial charge in [-0.05, 0) is 48.6 Å². The Bertz CT molecular complexity index is 751. The highest BCUT2D eigenvalue weighted by Crippen LogP contribution is 2.25. The van der Waals surface area contributed by atoms with Crippen molar-refractivity contribution in [2.24, 2.45) is 0 Å². The van der Waals surface area contributed by atoms with Gasteiger partial charge in [-0.1, -0.05) is 106 Å². The molecule has 0 amide bonds. The maximum Gasteiger partial charge on any atom is -0.0184 e. The van der Waals surface area contributed by atoms with E-state index in [-0.39, 0.29) is 14.9 Å². The van der Waals surface area contributed by atoms with Crippen molar-refractivity contribution < 1.29 is 0 Å². The molecular weight excluding hydrogens is 300 g/mol. The molecule has 2 aromatic carbocycles. The number of benzene rings is 2. The van der Waals surface area contributed by atoms with E-state index >= 15 is 0 Å². The summed E-state index contributed by atoms with van der Waals surface area (Å²) < 4.78 is 0. The molecule has 25 heavy (non-hydrogen) atoms. The molecule has 0 spiro atoms. The summed E-state index contributed by atoms with van der Waals surface area (Å²) in [6.45, 7) is 14.0. The Kier molecular flexibility index (Phi) is 9.23. The monoisotopic (exact) mass is 332 g/mol. The van der Waals surface area contributed by atoms with Crippen LogP contribution >= 0.6 is 0 Å². The first-order valence-corrected chi connectivity index (χ1v) is 7.88. The standard InChI is InChI=1S/C23H24.2CH4/c1-6-19(8-7-17(2)3)21-13-15-23(16-14-21)22-11-9-20(10-12-22)18(4)5;;/h6-16H,2,4H2,1,3,5H3;2*1H4/b8-7-,19-6+;;. The molecule has 0 nitrogen and oxygen atoms in total. The number of rotatable bonds is 5. The molecule has 0 N–H and O–H groups in total. The van der Waals surface area contributed by atoms with Gasteiger partial charge in [0.15, 0.2) is 0 Å². The average molecular weight is 333 g/mol. The molecule has 0 saturated carbocycles. The lowest BCUT2D eigenvalue weighted by molar-refractivity contribution is 1.53. The van der Waals surface area contributed by atoms with Crippen LogP contribution in [0.4, 0.5) is 0 Å². The summed E-state index contributed by atoms with van der Waals surface area (Å²) in [5, 5.41) is 0. The minimum atomic E-state index is 0. The molecule has 0 atom stereocenters. The van der Waals surface area contributed by atoms with Crippen molar-refractivity contribution in [3.8, 4) is 11.1 Å². The van der Waals surface area contributed by atoms with Gasteiger partial charge in [-0.3, -0.25) is 0 Å². The quantitative estimate of drug-likeness (QED) is 0.484. The van der Waals surface area contributed by atoms with Crippen LogP contribution in [-0.2, 0) is 0 Å². The molecule has 132 valence electrons. The summed E-state index contributed by atoms with van der Waals surface area (Å²) in [6.07, 6.45) is 6.27. The fraction of sp³-hybridized carbons (Fsp3) is 0.200. The van der Waals surface area contributed by atoms with Crippen LogP contribution in [0.3, 0.4) is 0 Å². The topological polar surface area (TPSA) is 0 Å². The van der Waals surface area contributed by atoms with E-state index in [0.29, 0.717) is 0 Å². The molecule has 2 aromatic rings. The largest absolute Gasteiger partial charge is 0.0961 e. The van der Waals surface area contributed by atoms with E-state index in [0.717, 1.165) is 11.1 Å². The molecule has 0 bridgehead atoms. The molecule has 0 heterocycles. The Morgan fingerprint density at radius 2 is 1.16 bits per heavy atom. The lowest BCUT2D eigenvalue weighted by Crippen LogP contribution is -1.84. The SMILES string of the molecule is C.C.C=C(C)/C=C\C(=C/C)c1ccc(-c2ccc(C(=C)C)cc2)cc1. The zero-order valence-corrected chi connectivity index (χ0v) is 14.3. The number of allylic oxidation sites excluding steroid dienone is 6. The normalized spacial score (nSPS) is 10.8. The summed E-state index contributed by atoms with van der Waals surface area (Å²) in [7, 11) is 0. The van der Waals surface area contributed by atoms with E-state index in [4.69, 9.17) is 0 Å². The predicted octanol–water partition coefficient (Wildman–Crippen LogP) is 8.19. The Balaban J connectivity index is 0.00000288. The van der Waals surface area contributed by atoms with E-state index in [1.807, 2.05) is 19.9 Å². The molecular formula is C25H32. The average Bonchev–Trinajstić information content (AvgIpc) is 2.56. The van der Waals surface area contributed by atoms with Crippen LogP contribution in [0.1, 0.15) is 46.8 Å². The number of hydrogen-bond acceptors (Lipinski definition) is 0. The van der Waals surface area contributed by atoms with Gasteiger partial charge in [0.2, 0.25) is 0 Å². The maximum absolute atomic E-state index is 3.98. The summed E-state index contributed by atoms with van der Waals surface area (Å²) >= 11 is 0. The fourth-order valence-corrected chi connectivity index (χ4v) is 2.39. The van der Waals surface area contributed by atoms with Crippen LogP contribution < -0.4 is 0 Å². The third kappa shape index (κ3) is 6.08. The zero-order chi connectivity index (χ0) is 16.8. The van der Waals surface area contributed by atoms with Gasteiger partial charge in [0.25, 0.3) is 0 Å². The minimum Gasteiger partial charge on any atom is -0.0961 e. The second-order valence-electron chi connectivity index (χ2n) is 5.86. The molecule has 0 radical (unpaired) electrons. The predicted molar refractivity (Wildman–Crippen MR) is 118 cm³/mol. The first kappa shape index (κ1) is 22.4. The second-order valence-corrected chi connectivity index (χ2v) is 5.86. The van der Waals surface area contributed by atoms with Gasteiger partial charge in [-0.2, -0.15) is 0 Å². The molecule has 0 heteroatoms. The van der Waals surface area contributed by atoms with Crippen molar-refractivity contribution in [2.45, 2.75) is 35.6 Å². The Labute approximate surface area is 154 Å². The molecule has 0 aromatic heterocycles. The molecule has 0 fully saturated rings. The summed E-state index contributed by atoms with van der Waals surface area (Å²) in [4.78, 5) is 0. The Morgan fingerprint density at radius 1 is 0.720 bits per heavy atom. The van der Waals surface area contributed by atoms with Crippen LogP contribution in [0.5, 0.6) is 0 Å². The van der Waals surface area contributed by atoms with Gasteiger partial charge < -0.3 is 0 Å².